The van der Waals surface area contributed by atoms with E-state index in [2.05, 4.69) is 78.9 Å². The Hall–Kier alpha value is -1.60. The second-order valence-electron chi connectivity index (χ2n) is 5.95. The van der Waals surface area contributed by atoms with E-state index in [9.17, 15) is 0 Å². The summed E-state index contributed by atoms with van der Waals surface area (Å²) < 4.78 is 1.29. The number of hydrogen-bond acceptors (Lipinski definition) is 3. The molecule has 0 saturated carbocycles. The van der Waals surface area contributed by atoms with Gasteiger partial charge >= 0.3 is 0 Å². The van der Waals surface area contributed by atoms with Gasteiger partial charge in [-0.05, 0) is 64.6 Å². The Morgan fingerprint density at radius 3 is 2.61 bits per heavy atom. The van der Waals surface area contributed by atoms with Crippen molar-refractivity contribution in [3.05, 3.63) is 57.9 Å². The Bertz CT molecular complexity index is 788. The molecule has 1 aliphatic heterocycles. The highest BCUT2D eigenvalue weighted by atomic mass is 125. The van der Waals surface area contributed by atoms with Crippen LogP contribution in [-0.4, -0.2) is 41.0 Å². The molecular formula is C18H19IN4. The summed E-state index contributed by atoms with van der Waals surface area (Å²) in [6.45, 7) is 5.35. The minimum absolute atomic E-state index is 0.986. The second kappa shape index (κ2) is 6.49. The first-order valence-corrected chi connectivity index (χ1v) is 9.01. The first-order valence-electron chi connectivity index (χ1n) is 7.93. The number of aromatic nitrogens is 2. The van der Waals surface area contributed by atoms with Crippen molar-refractivity contribution < 1.29 is 0 Å². The third kappa shape index (κ3) is 3.21. The van der Waals surface area contributed by atoms with Gasteiger partial charge in [0.05, 0.1) is 0 Å². The number of fused-ring (bicyclic) bond motifs is 1. The van der Waals surface area contributed by atoms with Crippen molar-refractivity contribution in [3.63, 3.8) is 0 Å². The zero-order valence-electron chi connectivity index (χ0n) is 12.9. The van der Waals surface area contributed by atoms with Crippen LogP contribution in [0.25, 0.3) is 11.0 Å². The summed E-state index contributed by atoms with van der Waals surface area (Å²) in [5.41, 5.74) is 3.66. The molecule has 4 nitrogen and oxygen atoms in total. The fourth-order valence-electron chi connectivity index (χ4n) is 3.20. The van der Waals surface area contributed by atoms with Crippen LogP contribution >= 0.6 is 22.6 Å². The predicted molar refractivity (Wildman–Crippen MR) is 103 cm³/mol. The van der Waals surface area contributed by atoms with Gasteiger partial charge in [0.2, 0.25) is 0 Å². The van der Waals surface area contributed by atoms with Gasteiger partial charge in [0.1, 0.15) is 5.65 Å². The highest BCUT2D eigenvalue weighted by molar-refractivity contribution is 14.1. The Morgan fingerprint density at radius 2 is 1.83 bits per heavy atom. The van der Waals surface area contributed by atoms with Crippen LogP contribution in [0, 0.1) is 3.57 Å². The lowest BCUT2D eigenvalue weighted by Crippen LogP contribution is -2.45. The zero-order valence-corrected chi connectivity index (χ0v) is 15.0. The van der Waals surface area contributed by atoms with E-state index in [1.54, 1.807) is 0 Å². The third-order valence-electron chi connectivity index (χ3n) is 4.49. The van der Waals surface area contributed by atoms with Gasteiger partial charge in [-0.2, -0.15) is 0 Å². The van der Waals surface area contributed by atoms with E-state index >= 15 is 0 Å². The molecule has 3 heterocycles. The van der Waals surface area contributed by atoms with Crippen LogP contribution < -0.4 is 4.90 Å². The molecule has 0 unspecified atom stereocenters. The van der Waals surface area contributed by atoms with E-state index in [0.29, 0.717) is 0 Å². The highest BCUT2D eigenvalue weighted by Gasteiger charge is 2.18. The molecule has 0 bridgehead atoms. The number of hydrogen-bond donors (Lipinski definition) is 1. The molecule has 23 heavy (non-hydrogen) atoms. The van der Waals surface area contributed by atoms with Gasteiger partial charge in [0.15, 0.2) is 0 Å². The van der Waals surface area contributed by atoms with Crippen LogP contribution in [0.1, 0.15) is 5.56 Å². The van der Waals surface area contributed by atoms with Crippen LogP contribution in [0.2, 0.25) is 0 Å². The number of halogens is 1. The molecule has 1 aromatic carbocycles. The smallest absolute Gasteiger partial charge is 0.137 e. The molecule has 0 aliphatic carbocycles. The fraction of sp³-hybridized carbons (Fsp3) is 0.278. The number of benzene rings is 1. The Morgan fingerprint density at radius 1 is 1.04 bits per heavy atom. The minimum Gasteiger partial charge on any atom is -0.369 e. The molecule has 0 amide bonds. The van der Waals surface area contributed by atoms with Crippen LogP contribution in [0.15, 0.2) is 48.8 Å². The summed E-state index contributed by atoms with van der Waals surface area (Å²) in [6.07, 6.45) is 3.94. The van der Waals surface area contributed by atoms with Crippen molar-refractivity contribution in [1.29, 1.82) is 0 Å². The lowest BCUT2D eigenvalue weighted by atomic mass is 10.2. The SMILES string of the molecule is [125I]c1ccc(N2CCN(Cc3c[nH]c4ncccc34)CC2)cc1. The maximum Gasteiger partial charge on any atom is 0.137 e. The van der Waals surface area contributed by atoms with E-state index in [1.165, 1.54) is 20.2 Å². The number of nitrogens with zero attached hydrogens (tertiary/aromatic N) is 3. The van der Waals surface area contributed by atoms with Gasteiger partial charge in [0, 0.05) is 59.8 Å². The maximum absolute atomic E-state index is 4.37. The van der Waals surface area contributed by atoms with Crippen molar-refractivity contribution in [2.45, 2.75) is 6.54 Å². The van der Waals surface area contributed by atoms with Crippen molar-refractivity contribution in [2.24, 2.45) is 0 Å². The van der Waals surface area contributed by atoms with Crippen molar-refractivity contribution in [1.82, 2.24) is 14.9 Å². The molecule has 1 aliphatic rings. The van der Waals surface area contributed by atoms with Crippen molar-refractivity contribution in [2.75, 3.05) is 31.1 Å². The normalized spacial score (nSPS) is 16.1. The standard InChI is InChI=1S/C18H19IN4/c19-15-3-5-16(6-4-15)23-10-8-22(9-11-23)13-14-12-21-18-17(14)2-1-7-20-18/h1-7,12H,8-11,13H2,(H,20,21)/i19-2. The number of pyridine rings is 1. The minimum atomic E-state index is 0.986. The van der Waals surface area contributed by atoms with Gasteiger partial charge in [-0.3, -0.25) is 4.90 Å². The summed E-state index contributed by atoms with van der Waals surface area (Å²) in [7, 11) is 0. The number of anilines is 1. The molecule has 118 valence electrons. The van der Waals surface area contributed by atoms with Crippen LogP contribution in [0.5, 0.6) is 0 Å². The first-order chi connectivity index (χ1) is 11.3. The molecule has 4 rings (SSSR count). The molecule has 1 fully saturated rings. The van der Waals surface area contributed by atoms with E-state index < -0.39 is 0 Å². The average molecular weight is 416 g/mol. The van der Waals surface area contributed by atoms with Crippen LogP contribution in [-0.2, 0) is 6.54 Å². The highest BCUT2D eigenvalue weighted by Crippen LogP contribution is 2.21. The summed E-state index contributed by atoms with van der Waals surface area (Å²) in [4.78, 5) is 12.6. The third-order valence-corrected chi connectivity index (χ3v) is 5.21. The number of aromatic amines is 1. The quantitative estimate of drug-likeness (QED) is 0.665. The van der Waals surface area contributed by atoms with E-state index in [1.807, 2.05) is 12.3 Å². The Balaban J connectivity index is 1.41. The second-order valence-corrected chi connectivity index (χ2v) is 7.20. The predicted octanol–water partition coefficient (Wildman–Crippen LogP) is 3.49. The molecule has 0 atom stereocenters. The van der Waals surface area contributed by atoms with Crippen LogP contribution in [0.3, 0.4) is 0 Å². The fourth-order valence-corrected chi connectivity index (χ4v) is 3.56. The zero-order chi connectivity index (χ0) is 15.6. The molecular weight excluding hydrogens is 397 g/mol. The molecule has 5 heteroatoms. The molecule has 3 aromatic rings. The Labute approximate surface area is 149 Å². The largest absolute Gasteiger partial charge is 0.369 e. The van der Waals surface area contributed by atoms with Gasteiger partial charge in [-0.15, -0.1) is 0 Å². The van der Waals surface area contributed by atoms with Gasteiger partial charge in [-0.25, -0.2) is 4.98 Å². The molecule has 0 radical (unpaired) electrons. The summed E-state index contributed by atoms with van der Waals surface area (Å²) in [5, 5.41) is 1.24. The number of rotatable bonds is 3. The van der Waals surface area contributed by atoms with E-state index in [0.717, 1.165) is 38.4 Å². The lowest BCUT2D eigenvalue weighted by Gasteiger charge is -2.36. The average Bonchev–Trinajstić information content (AvgIpc) is 3.00. The van der Waals surface area contributed by atoms with Gasteiger partial charge < -0.3 is 9.88 Å². The van der Waals surface area contributed by atoms with E-state index in [-0.39, 0.29) is 0 Å². The van der Waals surface area contributed by atoms with Gasteiger partial charge in [-0.1, -0.05) is 0 Å². The molecule has 0 spiro atoms. The molecule has 2 aromatic heterocycles. The lowest BCUT2D eigenvalue weighted by molar-refractivity contribution is 0.250. The topological polar surface area (TPSA) is 35.2 Å². The summed E-state index contributed by atoms with van der Waals surface area (Å²) in [5.74, 6) is 0. The molecule has 1 saturated heterocycles. The van der Waals surface area contributed by atoms with Crippen molar-refractivity contribution in [3.8, 4) is 0 Å². The monoisotopic (exact) mass is 416 g/mol. The van der Waals surface area contributed by atoms with Gasteiger partial charge in [0.25, 0.3) is 0 Å². The number of piperazine rings is 1. The number of nitrogens with one attached hydrogen (secondary N) is 1. The maximum atomic E-state index is 4.37. The number of H-pyrrole nitrogens is 1. The van der Waals surface area contributed by atoms with Crippen molar-refractivity contribution >= 4 is 39.3 Å². The van der Waals surface area contributed by atoms with E-state index in [4.69, 9.17) is 0 Å². The summed E-state index contributed by atoms with van der Waals surface area (Å²) in [6, 6.07) is 13.0. The first kappa shape index (κ1) is 15.0. The Kier molecular flexibility index (Phi) is 4.22. The summed E-state index contributed by atoms with van der Waals surface area (Å²) >= 11 is 2.35. The van der Waals surface area contributed by atoms with Crippen LogP contribution in [0.4, 0.5) is 5.69 Å². The molecule has 1 N–H and O–H groups in total.